The molecule has 0 bridgehead atoms. The topological polar surface area (TPSA) is 61.6 Å². The zero-order valence-corrected chi connectivity index (χ0v) is 11.8. The fourth-order valence-electron chi connectivity index (χ4n) is 2.00. The molecule has 21 heavy (non-hydrogen) atoms. The minimum atomic E-state index is -0.466. The number of nitro groups is 1. The zero-order chi connectivity index (χ0) is 15.2. The van der Waals surface area contributed by atoms with E-state index in [4.69, 9.17) is 9.47 Å². The molecular weight excluding hydrogens is 270 g/mol. The molecule has 0 aliphatic rings. The molecule has 0 fully saturated rings. The molecule has 0 amide bonds. The van der Waals surface area contributed by atoms with Crippen LogP contribution in [0.15, 0.2) is 42.5 Å². The monoisotopic (exact) mass is 285 g/mol. The first kappa shape index (κ1) is 14.6. The largest absolute Gasteiger partial charge is 0.493 e. The zero-order valence-electron chi connectivity index (χ0n) is 11.8. The third kappa shape index (κ3) is 3.20. The molecule has 0 saturated heterocycles. The summed E-state index contributed by atoms with van der Waals surface area (Å²) in [7, 11) is 2.83. The second kappa shape index (κ2) is 6.56. The predicted molar refractivity (Wildman–Crippen MR) is 81.6 cm³/mol. The Kier molecular flexibility index (Phi) is 4.56. The average molecular weight is 285 g/mol. The Labute approximate surface area is 122 Å². The fraction of sp³-hybridized carbons (Fsp3) is 0.125. The molecule has 0 saturated carbocycles. The summed E-state index contributed by atoms with van der Waals surface area (Å²) in [4.78, 5) is 10.9. The summed E-state index contributed by atoms with van der Waals surface area (Å²) in [5.74, 6) is 0.457. The summed E-state index contributed by atoms with van der Waals surface area (Å²) >= 11 is 0. The lowest BCUT2D eigenvalue weighted by Crippen LogP contribution is -1.99. The van der Waals surface area contributed by atoms with Gasteiger partial charge in [0.25, 0.3) is 0 Å². The van der Waals surface area contributed by atoms with E-state index in [2.05, 4.69) is 0 Å². The van der Waals surface area contributed by atoms with Crippen molar-refractivity contribution < 1.29 is 14.4 Å². The van der Waals surface area contributed by atoms with E-state index in [1.165, 1.54) is 14.2 Å². The Hall–Kier alpha value is -2.82. The van der Waals surface area contributed by atoms with E-state index < -0.39 is 4.92 Å². The molecule has 2 rings (SSSR count). The number of benzene rings is 2. The average Bonchev–Trinajstić information content (AvgIpc) is 2.52. The quantitative estimate of drug-likeness (QED) is 0.476. The second-order valence-electron chi connectivity index (χ2n) is 4.24. The van der Waals surface area contributed by atoms with Gasteiger partial charge in [-0.25, -0.2) is 0 Å². The maximum atomic E-state index is 11.3. The second-order valence-corrected chi connectivity index (χ2v) is 4.24. The van der Waals surface area contributed by atoms with Gasteiger partial charge in [0.1, 0.15) is 0 Å². The van der Waals surface area contributed by atoms with Crippen molar-refractivity contribution in [3.63, 3.8) is 0 Å². The van der Waals surface area contributed by atoms with Gasteiger partial charge in [-0.15, -0.1) is 0 Å². The Bertz CT molecular complexity index is 665. The molecule has 108 valence electrons. The molecule has 5 heteroatoms. The van der Waals surface area contributed by atoms with Crippen LogP contribution in [0, 0.1) is 10.1 Å². The SMILES string of the molecule is COc1ccc(C=Cc2ccccc2)c([N+](=O)[O-])c1OC. The normalized spacial score (nSPS) is 10.6. The van der Waals surface area contributed by atoms with Gasteiger partial charge in [-0.3, -0.25) is 10.1 Å². The van der Waals surface area contributed by atoms with Crippen molar-refractivity contribution in [1.29, 1.82) is 0 Å². The molecule has 0 spiro atoms. The molecule has 2 aromatic rings. The van der Waals surface area contributed by atoms with Crippen LogP contribution >= 0.6 is 0 Å². The third-order valence-electron chi connectivity index (χ3n) is 2.99. The molecule has 0 aromatic heterocycles. The maximum absolute atomic E-state index is 11.3. The predicted octanol–water partition coefficient (Wildman–Crippen LogP) is 3.78. The molecule has 0 unspecified atom stereocenters. The first-order valence-electron chi connectivity index (χ1n) is 6.30. The summed E-state index contributed by atoms with van der Waals surface area (Å²) in [6.45, 7) is 0. The van der Waals surface area contributed by atoms with Crippen LogP contribution in [-0.2, 0) is 0 Å². The Morgan fingerprint density at radius 1 is 1.00 bits per heavy atom. The highest BCUT2D eigenvalue weighted by atomic mass is 16.6. The van der Waals surface area contributed by atoms with Gasteiger partial charge in [-0.1, -0.05) is 36.4 Å². The Morgan fingerprint density at radius 2 is 1.71 bits per heavy atom. The summed E-state index contributed by atoms with van der Waals surface area (Å²) in [6.07, 6.45) is 3.50. The van der Waals surface area contributed by atoms with Crippen LogP contribution in [-0.4, -0.2) is 19.1 Å². The molecule has 0 heterocycles. The van der Waals surface area contributed by atoms with Gasteiger partial charge in [0.15, 0.2) is 5.75 Å². The number of hydrogen-bond acceptors (Lipinski definition) is 4. The fourth-order valence-corrected chi connectivity index (χ4v) is 2.00. The van der Waals surface area contributed by atoms with Crippen LogP contribution < -0.4 is 9.47 Å². The molecule has 0 aliphatic carbocycles. The van der Waals surface area contributed by atoms with Crippen molar-refractivity contribution in [1.82, 2.24) is 0 Å². The molecule has 5 nitrogen and oxygen atoms in total. The number of nitrogens with zero attached hydrogens (tertiary/aromatic N) is 1. The molecular formula is C16H15NO4. The highest BCUT2D eigenvalue weighted by molar-refractivity contribution is 5.78. The number of hydrogen-bond donors (Lipinski definition) is 0. The van der Waals surface area contributed by atoms with E-state index in [1.54, 1.807) is 18.2 Å². The molecule has 2 aromatic carbocycles. The van der Waals surface area contributed by atoms with Crippen molar-refractivity contribution in [3.8, 4) is 11.5 Å². The summed E-state index contributed by atoms with van der Waals surface area (Å²) in [5, 5.41) is 11.3. The Morgan fingerprint density at radius 3 is 2.29 bits per heavy atom. The van der Waals surface area contributed by atoms with Gasteiger partial charge in [-0.05, 0) is 23.8 Å². The minimum Gasteiger partial charge on any atom is -0.493 e. The van der Waals surface area contributed by atoms with Crippen LogP contribution in [0.25, 0.3) is 12.2 Å². The lowest BCUT2D eigenvalue weighted by atomic mass is 10.1. The first-order chi connectivity index (χ1) is 10.2. The first-order valence-corrected chi connectivity index (χ1v) is 6.30. The van der Waals surface area contributed by atoms with Crippen LogP contribution in [0.5, 0.6) is 11.5 Å². The van der Waals surface area contributed by atoms with Gasteiger partial charge >= 0.3 is 5.69 Å². The third-order valence-corrected chi connectivity index (χ3v) is 2.99. The molecule has 0 radical (unpaired) electrons. The lowest BCUT2D eigenvalue weighted by molar-refractivity contribution is -0.386. The smallest absolute Gasteiger partial charge is 0.322 e. The summed E-state index contributed by atoms with van der Waals surface area (Å²) in [5.41, 5.74) is 1.31. The van der Waals surface area contributed by atoms with E-state index in [-0.39, 0.29) is 11.4 Å². The number of rotatable bonds is 5. The van der Waals surface area contributed by atoms with Crippen LogP contribution in [0.4, 0.5) is 5.69 Å². The summed E-state index contributed by atoms with van der Waals surface area (Å²) in [6, 6.07) is 12.9. The minimum absolute atomic E-state index is 0.107. The van der Waals surface area contributed by atoms with E-state index in [0.717, 1.165) is 5.56 Å². The van der Waals surface area contributed by atoms with Crippen LogP contribution in [0.2, 0.25) is 0 Å². The Balaban J connectivity index is 2.49. The number of methoxy groups -OCH3 is 2. The van der Waals surface area contributed by atoms with E-state index in [0.29, 0.717) is 11.3 Å². The lowest BCUT2D eigenvalue weighted by Gasteiger charge is -2.09. The van der Waals surface area contributed by atoms with Gasteiger partial charge in [-0.2, -0.15) is 0 Å². The maximum Gasteiger partial charge on any atom is 0.322 e. The van der Waals surface area contributed by atoms with Gasteiger partial charge in [0.05, 0.1) is 24.7 Å². The van der Waals surface area contributed by atoms with Crippen molar-refractivity contribution >= 4 is 17.8 Å². The van der Waals surface area contributed by atoms with E-state index in [1.807, 2.05) is 36.4 Å². The number of ether oxygens (including phenoxy) is 2. The van der Waals surface area contributed by atoms with Crippen LogP contribution in [0.1, 0.15) is 11.1 Å². The van der Waals surface area contributed by atoms with Crippen molar-refractivity contribution in [2.24, 2.45) is 0 Å². The van der Waals surface area contributed by atoms with Crippen molar-refractivity contribution in [2.45, 2.75) is 0 Å². The van der Waals surface area contributed by atoms with Crippen molar-refractivity contribution in [2.75, 3.05) is 14.2 Å². The standard InChI is InChI=1S/C16H15NO4/c1-20-14-11-10-13(15(17(18)19)16(14)21-2)9-8-12-6-4-3-5-7-12/h3-11H,1-2H3. The van der Waals surface area contributed by atoms with Crippen LogP contribution in [0.3, 0.4) is 0 Å². The molecule has 0 aliphatic heterocycles. The highest BCUT2D eigenvalue weighted by Gasteiger charge is 2.23. The van der Waals surface area contributed by atoms with E-state index >= 15 is 0 Å². The van der Waals surface area contributed by atoms with Gasteiger partial charge in [0, 0.05) is 0 Å². The molecule has 0 atom stereocenters. The van der Waals surface area contributed by atoms with Gasteiger partial charge < -0.3 is 9.47 Å². The number of nitro benzene ring substituents is 1. The van der Waals surface area contributed by atoms with E-state index in [9.17, 15) is 10.1 Å². The summed E-state index contributed by atoms with van der Waals surface area (Å²) < 4.78 is 10.2. The molecule has 0 N–H and O–H groups in total. The van der Waals surface area contributed by atoms with Gasteiger partial charge in [0.2, 0.25) is 5.75 Å². The van der Waals surface area contributed by atoms with Crippen molar-refractivity contribution in [3.05, 3.63) is 63.7 Å². The highest BCUT2D eigenvalue weighted by Crippen LogP contribution is 2.40.